The van der Waals surface area contributed by atoms with Crippen LogP contribution in [0.3, 0.4) is 0 Å². The number of fused-ring (bicyclic) bond motifs is 3. The van der Waals surface area contributed by atoms with Gasteiger partial charge in [0.2, 0.25) is 0 Å². The fourth-order valence-electron chi connectivity index (χ4n) is 3.84. The predicted octanol–water partition coefficient (Wildman–Crippen LogP) is 3.72. The van der Waals surface area contributed by atoms with Gasteiger partial charge in [-0.15, -0.1) is 0 Å². The Bertz CT molecular complexity index is 841. The molecule has 0 fully saturated rings. The number of aromatic carboxylic acids is 1. The van der Waals surface area contributed by atoms with Crippen LogP contribution in [0.1, 0.15) is 38.6 Å². The number of allylic oxidation sites excluding steroid dienone is 2. The van der Waals surface area contributed by atoms with Crippen molar-refractivity contribution >= 4 is 17.4 Å². The first-order chi connectivity index (χ1) is 11.7. The number of ketones is 1. The van der Waals surface area contributed by atoms with Crippen molar-refractivity contribution in [2.24, 2.45) is 5.92 Å². The second-order valence-electron chi connectivity index (χ2n) is 6.28. The zero-order valence-electron chi connectivity index (χ0n) is 13.0. The molecule has 24 heavy (non-hydrogen) atoms. The van der Waals surface area contributed by atoms with Crippen molar-refractivity contribution in [2.75, 3.05) is 5.32 Å². The van der Waals surface area contributed by atoms with E-state index in [-0.39, 0.29) is 23.2 Å². The maximum atomic E-state index is 13.0. The minimum atomic E-state index is -0.981. The number of carboxylic acid groups (broad SMARTS) is 1. The molecule has 2 N–H and O–H groups in total. The predicted molar refractivity (Wildman–Crippen MR) is 91.6 cm³/mol. The number of carbonyl (C=O) groups is 2. The summed E-state index contributed by atoms with van der Waals surface area (Å²) in [7, 11) is 0. The molecule has 1 aliphatic heterocycles. The molecule has 0 bridgehead atoms. The van der Waals surface area contributed by atoms with Crippen LogP contribution >= 0.6 is 0 Å². The zero-order chi connectivity index (χ0) is 16.7. The van der Waals surface area contributed by atoms with Gasteiger partial charge in [0.05, 0.1) is 17.3 Å². The van der Waals surface area contributed by atoms with E-state index in [0.29, 0.717) is 11.3 Å². The molecule has 1 heterocycles. The largest absolute Gasteiger partial charge is 0.478 e. The maximum Gasteiger partial charge on any atom is 0.337 e. The summed E-state index contributed by atoms with van der Waals surface area (Å²) in [6.45, 7) is 0. The maximum absolute atomic E-state index is 13.0. The summed E-state index contributed by atoms with van der Waals surface area (Å²) in [4.78, 5) is 24.6. The normalized spacial score (nSPS) is 23.9. The number of hydrogen-bond acceptors (Lipinski definition) is 3. The van der Waals surface area contributed by atoms with Gasteiger partial charge >= 0.3 is 5.97 Å². The number of carboxylic acids is 1. The first-order valence-corrected chi connectivity index (χ1v) is 8.05. The number of anilines is 1. The van der Waals surface area contributed by atoms with Crippen molar-refractivity contribution < 1.29 is 14.7 Å². The first-order valence-electron chi connectivity index (χ1n) is 8.05. The van der Waals surface area contributed by atoms with Crippen LogP contribution in [0.4, 0.5) is 5.69 Å². The highest BCUT2D eigenvalue weighted by Crippen LogP contribution is 2.46. The summed E-state index contributed by atoms with van der Waals surface area (Å²) in [5, 5.41) is 12.7. The average Bonchev–Trinajstić information content (AvgIpc) is 3.10. The van der Waals surface area contributed by atoms with E-state index < -0.39 is 12.0 Å². The number of hydrogen-bond donors (Lipinski definition) is 2. The SMILES string of the molecule is O=C(O)c1cccc2c1NC(C(=O)c1ccccc1)C1CC=CC21. The molecule has 4 nitrogen and oxygen atoms in total. The van der Waals surface area contributed by atoms with Gasteiger partial charge in [-0.25, -0.2) is 4.79 Å². The fourth-order valence-corrected chi connectivity index (χ4v) is 3.84. The standard InChI is InChI=1S/C20H17NO3/c22-19(12-6-2-1-3-7-12)18-15-10-4-8-13(15)14-9-5-11-16(20(23)24)17(14)21-18/h1-9,11,13,15,18,21H,10H2,(H,23,24). The quantitative estimate of drug-likeness (QED) is 0.668. The molecule has 0 aromatic heterocycles. The van der Waals surface area contributed by atoms with E-state index in [9.17, 15) is 14.7 Å². The lowest BCUT2D eigenvalue weighted by atomic mass is 9.76. The molecular formula is C20H17NO3. The van der Waals surface area contributed by atoms with Crippen LogP contribution in [0.2, 0.25) is 0 Å². The smallest absolute Gasteiger partial charge is 0.337 e. The molecule has 0 saturated carbocycles. The average molecular weight is 319 g/mol. The molecule has 0 saturated heterocycles. The highest BCUT2D eigenvalue weighted by atomic mass is 16.4. The van der Waals surface area contributed by atoms with E-state index in [1.165, 1.54) is 0 Å². The Balaban J connectivity index is 1.79. The van der Waals surface area contributed by atoms with Crippen LogP contribution in [0.5, 0.6) is 0 Å². The molecular weight excluding hydrogens is 302 g/mol. The Labute approximate surface area is 139 Å². The molecule has 4 rings (SSSR count). The van der Waals surface area contributed by atoms with E-state index in [1.807, 2.05) is 24.3 Å². The van der Waals surface area contributed by atoms with Gasteiger partial charge in [0.25, 0.3) is 0 Å². The molecule has 2 aromatic carbocycles. The topological polar surface area (TPSA) is 66.4 Å². The van der Waals surface area contributed by atoms with Crippen molar-refractivity contribution in [3.8, 4) is 0 Å². The first kappa shape index (κ1) is 14.7. The van der Waals surface area contributed by atoms with Crippen molar-refractivity contribution in [1.29, 1.82) is 0 Å². The lowest BCUT2D eigenvalue weighted by Crippen LogP contribution is -2.42. The van der Waals surface area contributed by atoms with Gasteiger partial charge in [-0.3, -0.25) is 4.79 Å². The van der Waals surface area contributed by atoms with E-state index >= 15 is 0 Å². The Kier molecular flexibility index (Phi) is 3.45. The number of benzene rings is 2. The van der Waals surface area contributed by atoms with E-state index in [4.69, 9.17) is 0 Å². The summed E-state index contributed by atoms with van der Waals surface area (Å²) >= 11 is 0. The van der Waals surface area contributed by atoms with Crippen molar-refractivity contribution in [1.82, 2.24) is 0 Å². The van der Waals surface area contributed by atoms with E-state index in [0.717, 1.165) is 12.0 Å². The molecule has 120 valence electrons. The highest BCUT2D eigenvalue weighted by molar-refractivity contribution is 6.04. The van der Waals surface area contributed by atoms with Crippen LogP contribution in [0.25, 0.3) is 0 Å². The fraction of sp³-hybridized carbons (Fsp3) is 0.200. The molecule has 2 aliphatic rings. The van der Waals surface area contributed by atoms with Crippen molar-refractivity contribution in [3.05, 3.63) is 77.4 Å². The Morgan fingerprint density at radius 1 is 1.04 bits per heavy atom. The van der Waals surface area contributed by atoms with Gasteiger partial charge in [-0.1, -0.05) is 54.6 Å². The van der Waals surface area contributed by atoms with Crippen molar-refractivity contribution in [3.63, 3.8) is 0 Å². The minimum absolute atomic E-state index is 0.0140. The number of rotatable bonds is 3. The van der Waals surface area contributed by atoms with Crippen LogP contribution in [0.15, 0.2) is 60.7 Å². The molecule has 4 heteroatoms. The molecule has 1 aliphatic carbocycles. The van der Waals surface area contributed by atoms with Crippen LogP contribution in [-0.4, -0.2) is 22.9 Å². The summed E-state index contributed by atoms with van der Waals surface area (Å²) in [6, 6.07) is 14.1. The lowest BCUT2D eigenvalue weighted by Gasteiger charge is -2.37. The third-order valence-corrected chi connectivity index (χ3v) is 4.97. The monoisotopic (exact) mass is 319 g/mol. The minimum Gasteiger partial charge on any atom is -0.478 e. The van der Waals surface area contributed by atoms with Gasteiger partial charge < -0.3 is 10.4 Å². The Morgan fingerprint density at radius 3 is 2.58 bits per heavy atom. The van der Waals surface area contributed by atoms with Crippen molar-refractivity contribution in [2.45, 2.75) is 18.4 Å². The molecule has 2 aromatic rings. The van der Waals surface area contributed by atoms with Crippen LogP contribution in [-0.2, 0) is 0 Å². The number of carbonyl (C=O) groups excluding carboxylic acids is 1. The number of nitrogens with one attached hydrogen (secondary N) is 1. The zero-order valence-corrected chi connectivity index (χ0v) is 13.0. The van der Waals surface area contributed by atoms with E-state index in [1.54, 1.807) is 24.3 Å². The van der Waals surface area contributed by atoms with Gasteiger partial charge in [-0.2, -0.15) is 0 Å². The van der Waals surface area contributed by atoms with Gasteiger partial charge in [0.1, 0.15) is 0 Å². The van der Waals surface area contributed by atoms with Crippen LogP contribution < -0.4 is 5.32 Å². The summed E-state index contributed by atoms with van der Waals surface area (Å²) < 4.78 is 0. The highest BCUT2D eigenvalue weighted by Gasteiger charge is 2.41. The third kappa shape index (κ3) is 2.22. The molecule has 0 radical (unpaired) electrons. The molecule has 0 spiro atoms. The Morgan fingerprint density at radius 2 is 1.83 bits per heavy atom. The molecule has 3 unspecified atom stereocenters. The van der Waals surface area contributed by atoms with Gasteiger partial charge in [0.15, 0.2) is 5.78 Å². The van der Waals surface area contributed by atoms with Crippen LogP contribution in [0, 0.1) is 5.92 Å². The number of Topliss-reactive ketones (excluding diaryl/α,β-unsaturated/α-hetero) is 1. The van der Waals surface area contributed by atoms with Gasteiger partial charge in [-0.05, 0) is 18.1 Å². The number of para-hydroxylation sites is 1. The molecule has 0 amide bonds. The third-order valence-electron chi connectivity index (χ3n) is 4.97. The van der Waals surface area contributed by atoms with Gasteiger partial charge in [0, 0.05) is 17.4 Å². The second-order valence-corrected chi connectivity index (χ2v) is 6.28. The van der Waals surface area contributed by atoms with E-state index in [2.05, 4.69) is 17.5 Å². The summed E-state index contributed by atoms with van der Waals surface area (Å²) in [5.41, 5.74) is 2.41. The molecule has 3 atom stereocenters. The Hall–Kier alpha value is -2.88. The summed E-state index contributed by atoms with van der Waals surface area (Å²) in [6.07, 6.45) is 5.00. The second kappa shape index (κ2) is 5.64. The summed E-state index contributed by atoms with van der Waals surface area (Å²) in [5.74, 6) is -0.765. The lowest BCUT2D eigenvalue weighted by molar-refractivity contribution is 0.0696.